The zero-order valence-corrected chi connectivity index (χ0v) is 22.0. The van der Waals surface area contributed by atoms with Crippen LogP contribution in [0.15, 0.2) is 24.4 Å². The summed E-state index contributed by atoms with van der Waals surface area (Å²) in [5.74, 6) is -0.541. The van der Waals surface area contributed by atoms with Gasteiger partial charge in [-0.05, 0) is 49.9 Å². The molecule has 7 nitrogen and oxygen atoms in total. The summed E-state index contributed by atoms with van der Waals surface area (Å²) in [6.07, 6.45) is -1.56. The molecule has 0 bridgehead atoms. The Morgan fingerprint density at radius 2 is 1.92 bits per heavy atom. The summed E-state index contributed by atoms with van der Waals surface area (Å²) in [4.78, 5) is 36.0. The van der Waals surface area contributed by atoms with Crippen molar-refractivity contribution < 1.29 is 27.5 Å². The molecular formula is C27H27F3N4O3S. The van der Waals surface area contributed by atoms with Crippen LogP contribution < -0.4 is 10.1 Å². The van der Waals surface area contributed by atoms with Gasteiger partial charge in [-0.3, -0.25) is 19.5 Å². The molecule has 5 heterocycles. The number of nitrogens with one attached hydrogen (secondary N) is 1. The van der Waals surface area contributed by atoms with Crippen LogP contribution in [0, 0.1) is 24.2 Å². The molecule has 2 aliphatic heterocycles. The summed E-state index contributed by atoms with van der Waals surface area (Å²) in [6.45, 7) is 6.99. The SMILES string of the molecule is Cc1nc(C(F)(F)F)cc(-c2ccnc3cc(CN4C(=O)C5C(C4=O)C5(C)C)sc23)c1O[C@H]1CCCNC1. The van der Waals surface area contributed by atoms with Crippen molar-refractivity contribution in [1.29, 1.82) is 0 Å². The predicted molar refractivity (Wildman–Crippen MR) is 135 cm³/mol. The van der Waals surface area contributed by atoms with Gasteiger partial charge >= 0.3 is 6.18 Å². The molecule has 2 unspecified atom stereocenters. The highest BCUT2D eigenvalue weighted by Gasteiger charge is 2.72. The van der Waals surface area contributed by atoms with Crippen molar-refractivity contribution in [2.45, 2.75) is 52.4 Å². The van der Waals surface area contributed by atoms with E-state index in [9.17, 15) is 22.8 Å². The van der Waals surface area contributed by atoms with Crippen molar-refractivity contribution >= 4 is 33.4 Å². The van der Waals surface area contributed by atoms with Crippen LogP contribution in [0.4, 0.5) is 13.2 Å². The Bertz CT molecular complexity index is 1440. The number of likely N-dealkylation sites (tertiary alicyclic amines) is 1. The standard InChI is InChI=1S/C27H27F3N4O3S/c1-13-22(37-14-5-4-7-31-11-14)17(10-19(33-13)27(28,29)30)16-6-8-32-18-9-15(38-23(16)18)12-34-24(35)20-21(25(34)36)26(20,2)3/h6,8-10,14,20-21,31H,4-5,7,11-12H2,1-3H3/t14-,20?,21?/m0/s1. The van der Waals surface area contributed by atoms with E-state index in [1.54, 1.807) is 18.3 Å². The Labute approximate surface area is 221 Å². The van der Waals surface area contributed by atoms with E-state index in [1.807, 2.05) is 13.8 Å². The Hall–Kier alpha value is -3.05. The van der Waals surface area contributed by atoms with E-state index in [0.717, 1.165) is 30.3 Å². The van der Waals surface area contributed by atoms with Crippen LogP contribution in [-0.4, -0.2) is 45.9 Å². The van der Waals surface area contributed by atoms with Crippen molar-refractivity contribution in [3.05, 3.63) is 40.7 Å². The third-order valence-electron chi connectivity index (χ3n) is 7.93. The molecular weight excluding hydrogens is 517 g/mol. The summed E-state index contributed by atoms with van der Waals surface area (Å²) in [6, 6.07) is 4.51. The first-order valence-corrected chi connectivity index (χ1v) is 13.5. The van der Waals surface area contributed by atoms with Crippen molar-refractivity contribution in [3.63, 3.8) is 0 Å². The van der Waals surface area contributed by atoms with E-state index >= 15 is 0 Å². The van der Waals surface area contributed by atoms with Crippen LogP contribution in [-0.2, 0) is 22.3 Å². The Morgan fingerprint density at radius 1 is 1.18 bits per heavy atom. The Balaban J connectivity index is 1.39. The summed E-state index contributed by atoms with van der Waals surface area (Å²) in [5.41, 5.74) is 0.310. The fourth-order valence-electron chi connectivity index (χ4n) is 5.84. The number of carbonyl (C=O) groups is 2. The molecule has 0 aromatic carbocycles. The fourth-order valence-corrected chi connectivity index (χ4v) is 6.97. The number of hydrogen-bond donors (Lipinski definition) is 1. The third-order valence-corrected chi connectivity index (χ3v) is 9.07. The van der Waals surface area contributed by atoms with Crippen molar-refractivity contribution in [3.8, 4) is 16.9 Å². The number of amides is 2. The fraction of sp³-hybridized carbons (Fsp3) is 0.481. The first-order chi connectivity index (χ1) is 18.0. The maximum atomic E-state index is 13.8. The van der Waals surface area contributed by atoms with Gasteiger partial charge in [0, 0.05) is 28.7 Å². The molecule has 2 amide bonds. The molecule has 11 heteroatoms. The second-order valence-electron chi connectivity index (χ2n) is 10.9. The highest BCUT2D eigenvalue weighted by atomic mass is 32.1. The van der Waals surface area contributed by atoms with Gasteiger partial charge in [-0.1, -0.05) is 13.8 Å². The van der Waals surface area contributed by atoms with Crippen molar-refractivity contribution in [1.82, 2.24) is 20.2 Å². The largest absolute Gasteiger partial charge is 0.487 e. The van der Waals surface area contributed by atoms with Crippen LogP contribution in [0.25, 0.3) is 21.3 Å². The van der Waals surface area contributed by atoms with E-state index in [4.69, 9.17) is 4.74 Å². The van der Waals surface area contributed by atoms with Gasteiger partial charge in [-0.2, -0.15) is 13.2 Å². The molecule has 3 aliphatic rings. The Morgan fingerprint density at radius 3 is 2.58 bits per heavy atom. The third kappa shape index (κ3) is 4.07. The minimum absolute atomic E-state index is 0.126. The first-order valence-electron chi connectivity index (χ1n) is 12.7. The lowest BCUT2D eigenvalue weighted by molar-refractivity contribution is -0.144. The monoisotopic (exact) mass is 544 g/mol. The maximum absolute atomic E-state index is 13.8. The molecule has 3 fully saturated rings. The number of alkyl halides is 3. The lowest BCUT2D eigenvalue weighted by atomic mass is 10.0. The molecule has 1 saturated carbocycles. The topological polar surface area (TPSA) is 84.4 Å². The molecule has 6 rings (SSSR count). The molecule has 38 heavy (non-hydrogen) atoms. The average Bonchev–Trinajstić information content (AvgIpc) is 3.10. The molecule has 0 radical (unpaired) electrons. The summed E-state index contributed by atoms with van der Waals surface area (Å²) in [5, 5.41) is 3.26. The molecule has 3 aromatic rings. The van der Waals surface area contributed by atoms with Gasteiger partial charge in [0.2, 0.25) is 11.8 Å². The minimum atomic E-state index is -4.62. The van der Waals surface area contributed by atoms with Crippen LogP contribution >= 0.6 is 11.3 Å². The molecule has 2 saturated heterocycles. The smallest absolute Gasteiger partial charge is 0.433 e. The number of imide groups is 1. The number of aromatic nitrogens is 2. The maximum Gasteiger partial charge on any atom is 0.433 e. The molecule has 200 valence electrons. The number of pyridine rings is 2. The number of nitrogens with zero attached hydrogens (tertiary/aromatic N) is 3. The molecule has 0 spiro atoms. The van der Waals surface area contributed by atoms with Crippen molar-refractivity contribution in [2.75, 3.05) is 13.1 Å². The predicted octanol–water partition coefficient (Wildman–Crippen LogP) is 4.96. The number of rotatable bonds is 5. The van der Waals surface area contributed by atoms with Gasteiger partial charge in [-0.25, -0.2) is 4.98 Å². The molecule has 1 N–H and O–H groups in total. The second-order valence-corrected chi connectivity index (χ2v) is 12.0. The number of ether oxygens (including phenoxy) is 1. The zero-order valence-electron chi connectivity index (χ0n) is 21.2. The number of piperidine rings is 2. The van der Waals surface area contributed by atoms with Gasteiger partial charge in [0.05, 0.1) is 34.3 Å². The van der Waals surface area contributed by atoms with Crippen LogP contribution in [0.2, 0.25) is 0 Å². The van der Waals surface area contributed by atoms with Gasteiger partial charge in [0.1, 0.15) is 17.5 Å². The normalized spacial score (nSPS) is 24.7. The van der Waals surface area contributed by atoms with E-state index < -0.39 is 11.9 Å². The Kier molecular flexibility index (Phi) is 5.80. The van der Waals surface area contributed by atoms with E-state index in [-0.39, 0.29) is 47.4 Å². The summed E-state index contributed by atoms with van der Waals surface area (Å²) < 4.78 is 48.2. The zero-order chi connectivity index (χ0) is 27.0. The number of carbonyl (C=O) groups excluding carboxylic acids is 2. The van der Waals surface area contributed by atoms with Gasteiger partial charge in [-0.15, -0.1) is 11.3 Å². The molecule has 3 aromatic heterocycles. The first kappa shape index (κ1) is 25.2. The summed E-state index contributed by atoms with van der Waals surface area (Å²) >= 11 is 1.32. The van der Waals surface area contributed by atoms with Crippen molar-refractivity contribution in [2.24, 2.45) is 17.3 Å². The average molecular weight is 545 g/mol. The molecule has 1 aliphatic carbocycles. The van der Waals surface area contributed by atoms with E-state index in [1.165, 1.54) is 23.2 Å². The number of halogens is 3. The highest BCUT2D eigenvalue weighted by molar-refractivity contribution is 7.19. The van der Waals surface area contributed by atoms with E-state index in [0.29, 0.717) is 33.6 Å². The second kappa shape index (κ2) is 8.74. The number of fused-ring (bicyclic) bond motifs is 2. The lowest BCUT2D eigenvalue weighted by Gasteiger charge is -2.26. The van der Waals surface area contributed by atoms with Crippen LogP contribution in [0.1, 0.15) is 43.0 Å². The highest BCUT2D eigenvalue weighted by Crippen LogP contribution is 2.63. The quantitative estimate of drug-likeness (QED) is 0.458. The van der Waals surface area contributed by atoms with Gasteiger partial charge in [0.15, 0.2) is 0 Å². The summed E-state index contributed by atoms with van der Waals surface area (Å²) in [7, 11) is 0. The number of thiophene rings is 1. The van der Waals surface area contributed by atoms with Gasteiger partial charge < -0.3 is 10.1 Å². The van der Waals surface area contributed by atoms with Crippen LogP contribution in [0.3, 0.4) is 0 Å². The molecule has 3 atom stereocenters. The van der Waals surface area contributed by atoms with Gasteiger partial charge in [0.25, 0.3) is 0 Å². The minimum Gasteiger partial charge on any atom is -0.487 e. The van der Waals surface area contributed by atoms with Crippen LogP contribution in [0.5, 0.6) is 5.75 Å². The number of hydrogen-bond acceptors (Lipinski definition) is 7. The lowest BCUT2D eigenvalue weighted by Crippen LogP contribution is -2.37. The number of aryl methyl sites for hydroxylation is 1. The van der Waals surface area contributed by atoms with E-state index in [2.05, 4.69) is 15.3 Å².